The molecule has 1 N–H and O–H groups in total. The maximum absolute atomic E-state index is 11.1. The van der Waals surface area contributed by atoms with Gasteiger partial charge >= 0.3 is 5.97 Å². The molecule has 0 saturated carbocycles. The average Bonchev–Trinajstić information content (AvgIpc) is 2.64. The summed E-state index contributed by atoms with van der Waals surface area (Å²) in [4.78, 5) is 13.2. The molecule has 5 heteroatoms. The Kier molecular flexibility index (Phi) is 4.30. The summed E-state index contributed by atoms with van der Waals surface area (Å²) in [7, 11) is 0. The third-order valence-corrected chi connectivity index (χ3v) is 4.39. The second kappa shape index (κ2) is 5.59. The van der Waals surface area contributed by atoms with Crippen LogP contribution in [0.25, 0.3) is 0 Å². The van der Waals surface area contributed by atoms with Crippen LogP contribution >= 0.6 is 27.5 Å². The van der Waals surface area contributed by atoms with Crippen molar-refractivity contribution < 1.29 is 9.90 Å². The van der Waals surface area contributed by atoms with E-state index in [0.717, 1.165) is 23.1 Å². The van der Waals surface area contributed by atoms with Gasteiger partial charge < -0.3 is 5.11 Å². The fourth-order valence-electron chi connectivity index (χ4n) is 2.41. The van der Waals surface area contributed by atoms with Crippen LogP contribution in [-0.4, -0.2) is 29.1 Å². The minimum Gasteiger partial charge on any atom is -0.481 e. The molecule has 0 aliphatic carbocycles. The maximum Gasteiger partial charge on any atom is 0.308 e. The Balaban J connectivity index is 2.05. The molecule has 18 heavy (non-hydrogen) atoms. The van der Waals surface area contributed by atoms with E-state index in [1.807, 2.05) is 25.1 Å². The summed E-state index contributed by atoms with van der Waals surface area (Å²) in [5.41, 5.74) is 1.14. The highest BCUT2D eigenvalue weighted by molar-refractivity contribution is 9.10. The minimum atomic E-state index is -0.694. The van der Waals surface area contributed by atoms with Gasteiger partial charge in [0.15, 0.2) is 0 Å². The molecule has 1 aromatic carbocycles. The molecule has 2 rings (SSSR count). The number of carboxylic acid groups (broad SMARTS) is 1. The number of hydrogen-bond donors (Lipinski definition) is 1. The number of carboxylic acids is 1. The smallest absolute Gasteiger partial charge is 0.308 e. The van der Waals surface area contributed by atoms with Gasteiger partial charge in [-0.05, 0) is 23.6 Å². The Bertz CT molecular complexity index is 466. The molecular formula is C13H15BrClNO2. The third-order valence-electron chi connectivity index (χ3n) is 3.41. The lowest BCUT2D eigenvalue weighted by molar-refractivity contribution is -0.142. The zero-order chi connectivity index (χ0) is 13.3. The predicted molar refractivity (Wildman–Crippen MR) is 74.7 cm³/mol. The highest BCUT2D eigenvalue weighted by atomic mass is 79.9. The van der Waals surface area contributed by atoms with Gasteiger partial charge in [0.25, 0.3) is 0 Å². The van der Waals surface area contributed by atoms with Gasteiger partial charge in [-0.1, -0.05) is 40.5 Å². The van der Waals surface area contributed by atoms with Crippen LogP contribution in [-0.2, 0) is 11.3 Å². The molecule has 1 aliphatic heterocycles. The van der Waals surface area contributed by atoms with Crippen molar-refractivity contribution in [1.82, 2.24) is 4.90 Å². The quantitative estimate of drug-likeness (QED) is 0.923. The summed E-state index contributed by atoms with van der Waals surface area (Å²) >= 11 is 9.39. The van der Waals surface area contributed by atoms with Gasteiger partial charge in [0.1, 0.15) is 0 Å². The van der Waals surface area contributed by atoms with Crippen molar-refractivity contribution in [1.29, 1.82) is 0 Å². The topological polar surface area (TPSA) is 40.5 Å². The Hall–Kier alpha value is -0.580. The lowest BCUT2D eigenvalue weighted by Gasteiger charge is -2.16. The van der Waals surface area contributed by atoms with Crippen LogP contribution in [0.2, 0.25) is 5.02 Å². The second-order valence-corrected chi connectivity index (χ2v) is 6.14. The van der Waals surface area contributed by atoms with E-state index in [0.29, 0.717) is 11.6 Å². The van der Waals surface area contributed by atoms with Crippen molar-refractivity contribution in [3.8, 4) is 0 Å². The Morgan fingerprint density at radius 3 is 2.83 bits per heavy atom. The second-order valence-electron chi connectivity index (χ2n) is 4.85. The first kappa shape index (κ1) is 13.8. The third kappa shape index (κ3) is 3.05. The van der Waals surface area contributed by atoms with E-state index >= 15 is 0 Å². The number of nitrogens with zero attached hydrogens (tertiary/aromatic N) is 1. The van der Waals surface area contributed by atoms with Crippen molar-refractivity contribution in [3.05, 3.63) is 33.3 Å². The van der Waals surface area contributed by atoms with Gasteiger partial charge in [-0.2, -0.15) is 0 Å². The van der Waals surface area contributed by atoms with E-state index in [1.54, 1.807) is 0 Å². The predicted octanol–water partition coefficient (Wildman–Crippen LogP) is 3.26. The van der Waals surface area contributed by atoms with E-state index < -0.39 is 5.97 Å². The van der Waals surface area contributed by atoms with Crippen LogP contribution in [0, 0.1) is 11.8 Å². The number of halogens is 2. The number of rotatable bonds is 3. The zero-order valence-electron chi connectivity index (χ0n) is 10.1. The van der Waals surface area contributed by atoms with E-state index in [-0.39, 0.29) is 11.8 Å². The first-order chi connectivity index (χ1) is 8.47. The molecule has 1 heterocycles. The fourth-order valence-corrected chi connectivity index (χ4v) is 3.22. The van der Waals surface area contributed by atoms with Crippen LogP contribution in [0.3, 0.4) is 0 Å². The molecule has 3 nitrogen and oxygen atoms in total. The first-order valence-electron chi connectivity index (χ1n) is 5.86. The molecule has 1 aromatic rings. The molecule has 0 bridgehead atoms. The summed E-state index contributed by atoms with van der Waals surface area (Å²) in [6.45, 7) is 4.19. The lowest BCUT2D eigenvalue weighted by atomic mass is 9.99. The SMILES string of the molecule is CC1CN(Cc2ccc(Cl)cc2Br)CC1C(=O)O. The van der Waals surface area contributed by atoms with Crippen molar-refractivity contribution in [2.45, 2.75) is 13.5 Å². The van der Waals surface area contributed by atoms with Crippen LogP contribution < -0.4 is 0 Å². The van der Waals surface area contributed by atoms with Gasteiger partial charge in [0, 0.05) is 29.1 Å². The summed E-state index contributed by atoms with van der Waals surface area (Å²) < 4.78 is 0.974. The fraction of sp³-hybridized carbons (Fsp3) is 0.462. The molecule has 2 atom stereocenters. The van der Waals surface area contributed by atoms with Crippen molar-refractivity contribution in [2.24, 2.45) is 11.8 Å². The van der Waals surface area contributed by atoms with Crippen molar-refractivity contribution in [3.63, 3.8) is 0 Å². The molecule has 0 radical (unpaired) electrons. The summed E-state index contributed by atoms with van der Waals surface area (Å²) in [5.74, 6) is -0.746. The molecule has 2 unspecified atom stereocenters. The van der Waals surface area contributed by atoms with Crippen LogP contribution in [0.1, 0.15) is 12.5 Å². The normalized spacial score (nSPS) is 24.4. The first-order valence-corrected chi connectivity index (χ1v) is 7.03. The summed E-state index contributed by atoms with van der Waals surface area (Å²) in [6, 6.07) is 5.70. The molecule has 0 spiro atoms. The molecule has 1 aliphatic rings. The lowest BCUT2D eigenvalue weighted by Crippen LogP contribution is -2.23. The monoisotopic (exact) mass is 331 g/mol. The Morgan fingerprint density at radius 2 is 2.28 bits per heavy atom. The average molecular weight is 333 g/mol. The number of likely N-dealkylation sites (tertiary alicyclic amines) is 1. The summed E-state index contributed by atoms with van der Waals surface area (Å²) in [6.07, 6.45) is 0. The van der Waals surface area contributed by atoms with Crippen LogP contribution in [0.4, 0.5) is 0 Å². The van der Waals surface area contributed by atoms with Gasteiger partial charge in [-0.25, -0.2) is 0 Å². The zero-order valence-corrected chi connectivity index (χ0v) is 12.4. The minimum absolute atomic E-state index is 0.202. The van der Waals surface area contributed by atoms with Crippen LogP contribution in [0.15, 0.2) is 22.7 Å². The summed E-state index contributed by atoms with van der Waals surface area (Å²) in [5, 5.41) is 9.80. The molecular weight excluding hydrogens is 318 g/mol. The van der Waals surface area contributed by atoms with Crippen LogP contribution in [0.5, 0.6) is 0 Å². The number of aliphatic carboxylic acids is 1. The Labute approximate surface area is 120 Å². The van der Waals surface area contributed by atoms with Crippen molar-refractivity contribution in [2.75, 3.05) is 13.1 Å². The van der Waals surface area contributed by atoms with Gasteiger partial charge in [-0.15, -0.1) is 0 Å². The van der Waals surface area contributed by atoms with E-state index in [2.05, 4.69) is 20.8 Å². The molecule has 0 amide bonds. The van der Waals surface area contributed by atoms with Gasteiger partial charge in [0.2, 0.25) is 0 Å². The van der Waals surface area contributed by atoms with Gasteiger partial charge in [0.05, 0.1) is 5.92 Å². The standard InChI is InChI=1S/C13H15BrClNO2/c1-8-5-16(7-11(8)13(17)18)6-9-2-3-10(15)4-12(9)14/h2-4,8,11H,5-7H2,1H3,(H,17,18). The largest absolute Gasteiger partial charge is 0.481 e. The highest BCUT2D eigenvalue weighted by Gasteiger charge is 2.34. The van der Waals surface area contributed by atoms with E-state index in [1.165, 1.54) is 0 Å². The molecule has 1 fully saturated rings. The number of hydrogen-bond acceptors (Lipinski definition) is 2. The van der Waals surface area contributed by atoms with E-state index in [9.17, 15) is 4.79 Å². The molecule has 0 aromatic heterocycles. The number of benzene rings is 1. The van der Waals surface area contributed by atoms with Crippen molar-refractivity contribution >= 4 is 33.5 Å². The number of carbonyl (C=O) groups is 1. The van der Waals surface area contributed by atoms with Gasteiger partial charge in [-0.3, -0.25) is 9.69 Å². The molecule has 98 valence electrons. The highest BCUT2D eigenvalue weighted by Crippen LogP contribution is 2.28. The maximum atomic E-state index is 11.1. The Morgan fingerprint density at radius 1 is 1.56 bits per heavy atom. The molecule has 1 saturated heterocycles. The van der Waals surface area contributed by atoms with E-state index in [4.69, 9.17) is 16.7 Å².